The van der Waals surface area contributed by atoms with Gasteiger partial charge in [-0.3, -0.25) is 4.79 Å². The Morgan fingerprint density at radius 2 is 1.88 bits per heavy atom. The Morgan fingerprint density at radius 3 is 2.52 bits per heavy atom. The fraction of sp³-hybridized carbons (Fsp3) is 0.300. The number of aromatic carboxylic acids is 1. The lowest BCUT2D eigenvalue weighted by atomic mass is 10.0. The maximum absolute atomic E-state index is 11.9. The zero-order valence-electron chi connectivity index (χ0n) is 14.3. The second kappa shape index (κ2) is 7.31. The number of carboxylic acid groups (broad SMARTS) is 1. The van der Waals surface area contributed by atoms with E-state index in [0.29, 0.717) is 11.6 Å². The van der Waals surface area contributed by atoms with Gasteiger partial charge in [-0.1, -0.05) is 43.8 Å². The van der Waals surface area contributed by atoms with Gasteiger partial charge in [0.15, 0.2) is 0 Å². The molecule has 0 saturated heterocycles. The molecule has 1 aliphatic carbocycles. The van der Waals surface area contributed by atoms with Gasteiger partial charge in [-0.2, -0.15) is 0 Å². The smallest absolute Gasteiger partial charge is 0.337 e. The SMILES string of the molecule is CC(C)c1ccccc1Sc1ccc(NC(=O)C2CC2)c(C(=O)O)c1. The highest BCUT2D eigenvalue weighted by molar-refractivity contribution is 7.99. The van der Waals surface area contributed by atoms with Gasteiger partial charge < -0.3 is 10.4 Å². The van der Waals surface area contributed by atoms with E-state index < -0.39 is 5.97 Å². The molecular formula is C20H21NO3S. The van der Waals surface area contributed by atoms with E-state index in [1.165, 1.54) is 5.56 Å². The minimum absolute atomic E-state index is 0.0358. The number of carbonyl (C=O) groups is 2. The molecular weight excluding hydrogens is 334 g/mol. The van der Waals surface area contributed by atoms with Crippen LogP contribution in [-0.4, -0.2) is 17.0 Å². The Bertz CT molecular complexity index is 812. The van der Waals surface area contributed by atoms with Gasteiger partial charge in [-0.25, -0.2) is 4.79 Å². The average molecular weight is 355 g/mol. The molecule has 1 saturated carbocycles. The second-order valence-corrected chi connectivity index (χ2v) is 7.69. The van der Waals surface area contributed by atoms with Crippen molar-refractivity contribution < 1.29 is 14.7 Å². The Hall–Kier alpha value is -2.27. The van der Waals surface area contributed by atoms with E-state index in [2.05, 4.69) is 25.2 Å². The zero-order valence-corrected chi connectivity index (χ0v) is 15.1. The number of benzene rings is 2. The van der Waals surface area contributed by atoms with Crippen molar-refractivity contribution in [2.75, 3.05) is 5.32 Å². The second-order valence-electron chi connectivity index (χ2n) is 6.57. The molecule has 0 heterocycles. The number of hydrogen-bond acceptors (Lipinski definition) is 3. The summed E-state index contributed by atoms with van der Waals surface area (Å²) < 4.78 is 0. The van der Waals surface area contributed by atoms with Gasteiger partial charge in [-0.05, 0) is 48.6 Å². The summed E-state index contributed by atoms with van der Waals surface area (Å²) in [6.07, 6.45) is 1.77. The van der Waals surface area contributed by atoms with Crippen molar-refractivity contribution in [1.29, 1.82) is 0 Å². The van der Waals surface area contributed by atoms with E-state index in [0.717, 1.165) is 22.6 Å². The fourth-order valence-corrected chi connectivity index (χ4v) is 3.77. The lowest BCUT2D eigenvalue weighted by molar-refractivity contribution is -0.117. The van der Waals surface area contributed by atoms with Gasteiger partial charge >= 0.3 is 5.97 Å². The van der Waals surface area contributed by atoms with Crippen molar-refractivity contribution in [3.05, 3.63) is 53.6 Å². The van der Waals surface area contributed by atoms with E-state index in [1.54, 1.807) is 23.9 Å². The Kier molecular flexibility index (Phi) is 5.13. The summed E-state index contributed by atoms with van der Waals surface area (Å²) in [6.45, 7) is 4.27. The lowest BCUT2D eigenvalue weighted by Gasteiger charge is -2.13. The van der Waals surface area contributed by atoms with Crippen molar-refractivity contribution in [3.8, 4) is 0 Å². The first kappa shape index (κ1) is 17.5. The molecule has 3 rings (SSSR count). The fourth-order valence-electron chi connectivity index (χ4n) is 2.63. The van der Waals surface area contributed by atoms with Crippen LogP contribution in [-0.2, 0) is 4.79 Å². The number of amides is 1. The summed E-state index contributed by atoms with van der Waals surface area (Å²) in [7, 11) is 0. The van der Waals surface area contributed by atoms with Crippen LogP contribution >= 0.6 is 11.8 Å². The van der Waals surface area contributed by atoms with E-state index >= 15 is 0 Å². The van der Waals surface area contributed by atoms with Gasteiger partial charge in [0.05, 0.1) is 11.3 Å². The zero-order chi connectivity index (χ0) is 18.0. The lowest BCUT2D eigenvalue weighted by Crippen LogP contribution is -2.16. The van der Waals surface area contributed by atoms with E-state index in [1.807, 2.05) is 24.3 Å². The van der Waals surface area contributed by atoms with Crippen LogP contribution in [0, 0.1) is 5.92 Å². The van der Waals surface area contributed by atoms with Gasteiger partial charge in [0.2, 0.25) is 5.91 Å². The molecule has 1 fully saturated rings. The van der Waals surface area contributed by atoms with E-state index in [4.69, 9.17) is 0 Å². The Labute approximate surface area is 151 Å². The van der Waals surface area contributed by atoms with E-state index in [9.17, 15) is 14.7 Å². The number of hydrogen-bond donors (Lipinski definition) is 2. The monoisotopic (exact) mass is 355 g/mol. The largest absolute Gasteiger partial charge is 0.478 e. The maximum Gasteiger partial charge on any atom is 0.337 e. The number of carbonyl (C=O) groups excluding carboxylic acids is 1. The molecule has 2 N–H and O–H groups in total. The Morgan fingerprint density at radius 1 is 1.16 bits per heavy atom. The molecule has 0 aliphatic heterocycles. The topological polar surface area (TPSA) is 66.4 Å². The molecule has 2 aromatic carbocycles. The van der Waals surface area contributed by atoms with Crippen LogP contribution in [0.3, 0.4) is 0 Å². The molecule has 1 amide bonds. The Balaban J connectivity index is 1.87. The van der Waals surface area contributed by atoms with Gasteiger partial charge in [-0.15, -0.1) is 0 Å². The summed E-state index contributed by atoms with van der Waals surface area (Å²) >= 11 is 1.54. The van der Waals surface area contributed by atoms with Crippen molar-refractivity contribution in [3.63, 3.8) is 0 Å². The molecule has 2 aromatic rings. The molecule has 130 valence electrons. The van der Waals surface area contributed by atoms with Crippen LogP contribution in [0.25, 0.3) is 0 Å². The average Bonchev–Trinajstić information content (AvgIpc) is 3.41. The molecule has 4 nitrogen and oxygen atoms in total. The normalized spacial score (nSPS) is 13.7. The quantitative estimate of drug-likeness (QED) is 0.764. The van der Waals surface area contributed by atoms with Crippen LogP contribution in [0.5, 0.6) is 0 Å². The van der Waals surface area contributed by atoms with Gasteiger partial charge in [0.25, 0.3) is 0 Å². The summed E-state index contributed by atoms with van der Waals surface area (Å²) in [4.78, 5) is 25.5. The van der Waals surface area contributed by atoms with Crippen LogP contribution in [0.1, 0.15) is 48.5 Å². The first-order valence-electron chi connectivity index (χ1n) is 8.40. The highest BCUT2D eigenvalue weighted by Crippen LogP contribution is 2.36. The summed E-state index contributed by atoms with van der Waals surface area (Å²) in [5.41, 5.74) is 1.72. The first-order chi connectivity index (χ1) is 12.0. The third-order valence-electron chi connectivity index (χ3n) is 4.20. The molecule has 0 bridgehead atoms. The molecule has 1 aliphatic rings. The van der Waals surface area contributed by atoms with Gasteiger partial charge in [0.1, 0.15) is 0 Å². The number of carboxylic acids is 1. The van der Waals surface area contributed by atoms with Crippen LogP contribution in [0.2, 0.25) is 0 Å². The van der Waals surface area contributed by atoms with Crippen LogP contribution < -0.4 is 5.32 Å². The van der Waals surface area contributed by atoms with Gasteiger partial charge in [0, 0.05) is 15.7 Å². The molecule has 0 unspecified atom stereocenters. The summed E-state index contributed by atoms with van der Waals surface area (Å²) in [6, 6.07) is 13.3. The van der Waals surface area contributed by atoms with Crippen molar-refractivity contribution in [2.45, 2.75) is 42.4 Å². The molecule has 0 aromatic heterocycles. The predicted molar refractivity (Wildman–Crippen MR) is 99.4 cm³/mol. The highest BCUT2D eigenvalue weighted by atomic mass is 32.2. The standard InChI is InChI=1S/C20H21NO3S/c1-12(2)15-5-3-4-6-18(15)25-14-9-10-17(16(11-14)20(23)24)21-19(22)13-7-8-13/h3-6,9-13H,7-8H2,1-2H3,(H,21,22)(H,23,24). The minimum Gasteiger partial charge on any atom is -0.478 e. The van der Waals surface area contributed by atoms with Crippen LogP contribution in [0.15, 0.2) is 52.3 Å². The summed E-state index contributed by atoms with van der Waals surface area (Å²) in [5.74, 6) is -0.702. The number of rotatable bonds is 6. The maximum atomic E-state index is 11.9. The summed E-state index contributed by atoms with van der Waals surface area (Å²) in [5, 5.41) is 12.3. The third kappa shape index (κ3) is 4.23. The molecule has 25 heavy (non-hydrogen) atoms. The van der Waals surface area contributed by atoms with Crippen molar-refractivity contribution >= 4 is 29.3 Å². The van der Waals surface area contributed by atoms with Crippen molar-refractivity contribution in [2.24, 2.45) is 5.92 Å². The third-order valence-corrected chi connectivity index (χ3v) is 5.28. The minimum atomic E-state index is -1.04. The highest BCUT2D eigenvalue weighted by Gasteiger charge is 2.30. The van der Waals surface area contributed by atoms with Crippen molar-refractivity contribution in [1.82, 2.24) is 0 Å². The molecule has 5 heteroatoms. The van der Waals surface area contributed by atoms with Crippen LogP contribution in [0.4, 0.5) is 5.69 Å². The molecule has 0 atom stereocenters. The molecule has 0 spiro atoms. The van der Waals surface area contributed by atoms with E-state index in [-0.39, 0.29) is 17.4 Å². The number of nitrogens with one attached hydrogen (secondary N) is 1. The number of anilines is 1. The molecule has 0 radical (unpaired) electrons. The predicted octanol–water partition coefficient (Wildman–Crippen LogP) is 5.01. The first-order valence-corrected chi connectivity index (χ1v) is 9.22.